The van der Waals surface area contributed by atoms with Gasteiger partial charge < -0.3 is 14.8 Å². The zero-order valence-electron chi connectivity index (χ0n) is 12.9. The molecular formula is C17H23NO2S. The highest BCUT2D eigenvalue weighted by molar-refractivity contribution is 7.07. The Morgan fingerprint density at radius 3 is 2.67 bits per heavy atom. The quantitative estimate of drug-likeness (QED) is 0.798. The molecule has 0 amide bonds. The van der Waals surface area contributed by atoms with Crippen LogP contribution in [-0.4, -0.2) is 20.8 Å². The first-order valence-corrected chi connectivity index (χ1v) is 8.19. The lowest BCUT2D eigenvalue weighted by atomic mass is 9.99. The summed E-state index contributed by atoms with van der Waals surface area (Å²) in [6.07, 6.45) is 2.06. The van der Waals surface area contributed by atoms with Gasteiger partial charge in [0, 0.05) is 11.6 Å². The Hall–Kier alpha value is -1.52. The van der Waals surface area contributed by atoms with Gasteiger partial charge in [0.15, 0.2) is 11.5 Å². The summed E-state index contributed by atoms with van der Waals surface area (Å²) in [5.74, 6) is 1.60. The molecule has 1 aromatic carbocycles. The third-order valence-corrected chi connectivity index (χ3v) is 4.20. The van der Waals surface area contributed by atoms with Gasteiger partial charge in [0.1, 0.15) is 0 Å². The molecule has 0 spiro atoms. The van der Waals surface area contributed by atoms with Gasteiger partial charge in [-0.05, 0) is 47.8 Å². The molecule has 1 N–H and O–H groups in total. The summed E-state index contributed by atoms with van der Waals surface area (Å²) in [6, 6.07) is 8.47. The van der Waals surface area contributed by atoms with Crippen molar-refractivity contribution in [2.24, 2.45) is 0 Å². The number of para-hydroxylation sites is 1. The molecule has 1 aromatic heterocycles. The number of methoxy groups -OCH3 is 2. The van der Waals surface area contributed by atoms with Crippen LogP contribution >= 0.6 is 11.3 Å². The Kier molecular flexibility index (Phi) is 6.08. The normalized spacial score (nSPS) is 12.1. The van der Waals surface area contributed by atoms with Crippen LogP contribution in [0.5, 0.6) is 11.5 Å². The zero-order chi connectivity index (χ0) is 15.1. The molecule has 4 heteroatoms. The molecule has 1 heterocycles. The summed E-state index contributed by atoms with van der Waals surface area (Å²) in [6.45, 7) is 3.16. The molecule has 0 fully saturated rings. The van der Waals surface area contributed by atoms with E-state index in [4.69, 9.17) is 9.47 Å². The number of hydrogen-bond donors (Lipinski definition) is 1. The second kappa shape index (κ2) is 8.05. The van der Waals surface area contributed by atoms with Crippen molar-refractivity contribution in [2.75, 3.05) is 20.8 Å². The fourth-order valence-corrected chi connectivity index (χ4v) is 3.12. The highest BCUT2D eigenvalue weighted by atomic mass is 32.1. The molecule has 0 aliphatic rings. The summed E-state index contributed by atoms with van der Waals surface area (Å²) >= 11 is 1.73. The minimum Gasteiger partial charge on any atom is -0.493 e. The van der Waals surface area contributed by atoms with E-state index in [0.717, 1.165) is 36.4 Å². The van der Waals surface area contributed by atoms with Gasteiger partial charge in [-0.1, -0.05) is 19.1 Å². The molecule has 0 aliphatic carbocycles. The van der Waals surface area contributed by atoms with Gasteiger partial charge in [-0.15, -0.1) is 0 Å². The number of ether oxygens (including phenoxy) is 2. The number of rotatable bonds is 8. The molecule has 2 rings (SSSR count). The predicted octanol–water partition coefficient (Wildman–Crippen LogP) is 4.05. The molecule has 0 saturated heterocycles. The van der Waals surface area contributed by atoms with E-state index in [0.29, 0.717) is 0 Å². The molecule has 3 nitrogen and oxygen atoms in total. The molecule has 114 valence electrons. The van der Waals surface area contributed by atoms with E-state index in [2.05, 4.69) is 35.1 Å². The van der Waals surface area contributed by atoms with Gasteiger partial charge in [0.2, 0.25) is 0 Å². The lowest BCUT2D eigenvalue weighted by molar-refractivity contribution is 0.346. The Balaban J connectivity index is 2.31. The molecule has 0 saturated carbocycles. The maximum absolute atomic E-state index is 5.59. The van der Waals surface area contributed by atoms with Crippen LogP contribution in [0.1, 0.15) is 30.5 Å². The SMILES string of the molecule is CCCNC(Cc1ccsc1)c1cccc(OC)c1OC. The van der Waals surface area contributed by atoms with E-state index in [1.54, 1.807) is 25.6 Å². The van der Waals surface area contributed by atoms with Gasteiger partial charge in [-0.3, -0.25) is 0 Å². The van der Waals surface area contributed by atoms with Crippen molar-refractivity contribution in [1.82, 2.24) is 5.32 Å². The zero-order valence-corrected chi connectivity index (χ0v) is 13.7. The van der Waals surface area contributed by atoms with Crippen LogP contribution in [0.15, 0.2) is 35.0 Å². The Morgan fingerprint density at radius 2 is 2.05 bits per heavy atom. The van der Waals surface area contributed by atoms with Crippen LogP contribution in [-0.2, 0) is 6.42 Å². The lowest BCUT2D eigenvalue weighted by Crippen LogP contribution is -2.24. The molecule has 0 aliphatic heterocycles. The summed E-state index contributed by atoms with van der Waals surface area (Å²) < 4.78 is 11.0. The van der Waals surface area contributed by atoms with E-state index < -0.39 is 0 Å². The molecular weight excluding hydrogens is 282 g/mol. The molecule has 1 unspecified atom stereocenters. The maximum Gasteiger partial charge on any atom is 0.165 e. The van der Waals surface area contributed by atoms with Gasteiger partial charge in [0.25, 0.3) is 0 Å². The van der Waals surface area contributed by atoms with E-state index in [9.17, 15) is 0 Å². The Morgan fingerprint density at radius 1 is 1.19 bits per heavy atom. The first kappa shape index (κ1) is 15.9. The van der Waals surface area contributed by atoms with Crippen molar-refractivity contribution in [3.05, 3.63) is 46.2 Å². The first-order valence-electron chi connectivity index (χ1n) is 7.25. The molecule has 1 atom stereocenters. The van der Waals surface area contributed by atoms with E-state index >= 15 is 0 Å². The predicted molar refractivity (Wildman–Crippen MR) is 88.6 cm³/mol. The number of hydrogen-bond acceptors (Lipinski definition) is 4. The van der Waals surface area contributed by atoms with Crippen LogP contribution in [0, 0.1) is 0 Å². The minimum absolute atomic E-state index is 0.226. The summed E-state index contributed by atoms with van der Waals surface area (Å²) in [5.41, 5.74) is 2.50. The van der Waals surface area contributed by atoms with Gasteiger partial charge >= 0.3 is 0 Å². The average Bonchev–Trinajstić information content (AvgIpc) is 3.03. The van der Waals surface area contributed by atoms with Gasteiger partial charge in [-0.25, -0.2) is 0 Å². The highest BCUT2D eigenvalue weighted by Crippen LogP contribution is 2.36. The third kappa shape index (κ3) is 3.99. The second-order valence-electron chi connectivity index (χ2n) is 4.93. The topological polar surface area (TPSA) is 30.5 Å². The first-order chi connectivity index (χ1) is 10.3. The lowest BCUT2D eigenvalue weighted by Gasteiger charge is -2.22. The fraction of sp³-hybridized carbons (Fsp3) is 0.412. The van der Waals surface area contributed by atoms with Crippen LogP contribution in [0.3, 0.4) is 0 Å². The number of benzene rings is 1. The largest absolute Gasteiger partial charge is 0.493 e. The monoisotopic (exact) mass is 305 g/mol. The van der Waals surface area contributed by atoms with Gasteiger partial charge in [0.05, 0.1) is 14.2 Å². The summed E-state index contributed by atoms with van der Waals surface area (Å²) in [4.78, 5) is 0. The minimum atomic E-state index is 0.226. The molecule has 21 heavy (non-hydrogen) atoms. The van der Waals surface area contributed by atoms with E-state index in [1.807, 2.05) is 12.1 Å². The van der Waals surface area contributed by atoms with Crippen molar-refractivity contribution < 1.29 is 9.47 Å². The molecule has 2 aromatic rings. The standard InChI is InChI=1S/C17H23NO2S/c1-4-9-18-15(11-13-8-10-21-12-13)14-6-5-7-16(19-2)17(14)20-3/h5-8,10,12,15,18H,4,9,11H2,1-3H3. The second-order valence-corrected chi connectivity index (χ2v) is 5.71. The van der Waals surface area contributed by atoms with Crippen molar-refractivity contribution in [1.29, 1.82) is 0 Å². The summed E-state index contributed by atoms with van der Waals surface area (Å²) in [7, 11) is 3.37. The summed E-state index contributed by atoms with van der Waals surface area (Å²) in [5, 5.41) is 7.94. The maximum atomic E-state index is 5.59. The Bertz CT molecular complexity index is 540. The van der Waals surface area contributed by atoms with E-state index in [1.165, 1.54) is 5.56 Å². The smallest absolute Gasteiger partial charge is 0.165 e. The molecule has 0 bridgehead atoms. The van der Waals surface area contributed by atoms with Crippen LogP contribution in [0.25, 0.3) is 0 Å². The van der Waals surface area contributed by atoms with Crippen molar-refractivity contribution in [2.45, 2.75) is 25.8 Å². The average molecular weight is 305 g/mol. The van der Waals surface area contributed by atoms with Crippen LogP contribution < -0.4 is 14.8 Å². The van der Waals surface area contributed by atoms with Crippen molar-refractivity contribution in [3.63, 3.8) is 0 Å². The third-order valence-electron chi connectivity index (χ3n) is 3.47. The molecule has 0 radical (unpaired) electrons. The van der Waals surface area contributed by atoms with E-state index in [-0.39, 0.29) is 6.04 Å². The Labute approximate surface area is 130 Å². The highest BCUT2D eigenvalue weighted by Gasteiger charge is 2.19. The van der Waals surface area contributed by atoms with Gasteiger partial charge in [-0.2, -0.15) is 11.3 Å². The van der Waals surface area contributed by atoms with Crippen LogP contribution in [0.2, 0.25) is 0 Å². The number of nitrogens with one attached hydrogen (secondary N) is 1. The fourth-order valence-electron chi connectivity index (χ4n) is 2.44. The van der Waals surface area contributed by atoms with Crippen LogP contribution in [0.4, 0.5) is 0 Å². The van der Waals surface area contributed by atoms with Crippen molar-refractivity contribution >= 4 is 11.3 Å². The number of thiophene rings is 1. The van der Waals surface area contributed by atoms with Crippen molar-refractivity contribution in [3.8, 4) is 11.5 Å².